The van der Waals surface area contributed by atoms with E-state index in [1.807, 2.05) is 13.8 Å². The molecule has 0 unspecified atom stereocenters. The summed E-state index contributed by atoms with van der Waals surface area (Å²) in [6, 6.07) is 3.34. The van der Waals surface area contributed by atoms with Gasteiger partial charge in [0.25, 0.3) is 0 Å². The monoisotopic (exact) mass is 150 g/mol. The summed E-state index contributed by atoms with van der Waals surface area (Å²) in [5, 5.41) is 0. The normalized spacial score (nSPS) is 9.73. The molecule has 0 bridgehead atoms. The quantitative estimate of drug-likeness (QED) is 0.577. The lowest BCUT2D eigenvalue weighted by Gasteiger charge is -2.02. The first-order valence-electron chi connectivity index (χ1n) is 3.54. The third-order valence-corrected chi connectivity index (χ3v) is 1.83. The van der Waals surface area contributed by atoms with Gasteiger partial charge < -0.3 is 0 Å². The van der Waals surface area contributed by atoms with E-state index in [-0.39, 0.29) is 5.82 Å². The van der Waals surface area contributed by atoms with Crippen LogP contribution in [0.4, 0.5) is 4.39 Å². The average molecular weight is 150 g/mol. The predicted molar refractivity (Wildman–Crippen MR) is 46.0 cm³/mol. The van der Waals surface area contributed by atoms with Crippen molar-refractivity contribution in [2.24, 2.45) is 0 Å². The zero-order valence-electron chi connectivity index (χ0n) is 6.82. The van der Waals surface area contributed by atoms with E-state index in [4.69, 9.17) is 0 Å². The molecule has 0 spiro atoms. The minimum absolute atomic E-state index is 0.192. The van der Waals surface area contributed by atoms with E-state index >= 15 is 0 Å². The molecule has 1 aromatic carbocycles. The van der Waals surface area contributed by atoms with Crippen LogP contribution in [0.2, 0.25) is 0 Å². The molecular weight excluding hydrogens is 139 g/mol. The highest BCUT2D eigenvalue weighted by Gasteiger charge is 2.00. The highest BCUT2D eigenvalue weighted by Crippen LogP contribution is 2.14. The molecule has 1 aromatic rings. The molecule has 0 saturated carbocycles. The molecule has 0 aliphatic rings. The van der Waals surface area contributed by atoms with Crippen LogP contribution >= 0.6 is 0 Å². The van der Waals surface area contributed by atoms with Crippen LogP contribution in [0.15, 0.2) is 18.7 Å². The van der Waals surface area contributed by atoms with E-state index in [1.165, 1.54) is 12.1 Å². The van der Waals surface area contributed by atoms with Gasteiger partial charge in [0.1, 0.15) is 5.82 Å². The van der Waals surface area contributed by atoms with Crippen molar-refractivity contribution >= 4 is 6.08 Å². The summed E-state index contributed by atoms with van der Waals surface area (Å²) in [4.78, 5) is 0. The maximum atomic E-state index is 13.0. The van der Waals surface area contributed by atoms with Crippen LogP contribution in [0.3, 0.4) is 0 Å². The van der Waals surface area contributed by atoms with Gasteiger partial charge >= 0.3 is 0 Å². The second-order valence-corrected chi connectivity index (χ2v) is 2.66. The van der Waals surface area contributed by atoms with Gasteiger partial charge in [0.15, 0.2) is 0 Å². The Balaban J connectivity index is 3.31. The summed E-state index contributed by atoms with van der Waals surface area (Å²) in [5.41, 5.74) is 2.66. The summed E-state index contributed by atoms with van der Waals surface area (Å²) < 4.78 is 13.0. The molecule has 0 saturated heterocycles. The van der Waals surface area contributed by atoms with Crippen molar-refractivity contribution < 1.29 is 4.39 Å². The average Bonchev–Trinajstić information content (AvgIpc) is 1.97. The van der Waals surface area contributed by atoms with Crippen molar-refractivity contribution in [1.82, 2.24) is 0 Å². The van der Waals surface area contributed by atoms with Crippen LogP contribution in [0.1, 0.15) is 16.7 Å². The highest BCUT2D eigenvalue weighted by molar-refractivity contribution is 5.50. The Morgan fingerprint density at radius 3 is 2.36 bits per heavy atom. The molecule has 0 atom stereocenters. The molecule has 58 valence electrons. The molecule has 0 amide bonds. The van der Waals surface area contributed by atoms with E-state index in [9.17, 15) is 4.39 Å². The van der Waals surface area contributed by atoms with Crippen LogP contribution in [0, 0.1) is 19.7 Å². The van der Waals surface area contributed by atoms with Crippen molar-refractivity contribution in [3.63, 3.8) is 0 Å². The molecular formula is C10H11F. The first kappa shape index (κ1) is 7.99. The summed E-state index contributed by atoms with van der Waals surface area (Å²) in [7, 11) is 0. The predicted octanol–water partition coefficient (Wildman–Crippen LogP) is 3.09. The number of hydrogen-bond acceptors (Lipinski definition) is 0. The summed E-state index contributed by atoms with van der Waals surface area (Å²) in [6.07, 6.45) is 1.53. The van der Waals surface area contributed by atoms with Crippen LogP contribution in [-0.4, -0.2) is 0 Å². The van der Waals surface area contributed by atoms with Gasteiger partial charge in [0.05, 0.1) is 0 Å². The third-order valence-electron chi connectivity index (χ3n) is 1.83. The fourth-order valence-electron chi connectivity index (χ4n) is 0.960. The van der Waals surface area contributed by atoms with Crippen molar-refractivity contribution in [3.8, 4) is 0 Å². The minimum atomic E-state index is -0.192. The Kier molecular flexibility index (Phi) is 2.08. The van der Waals surface area contributed by atoms with Crippen LogP contribution in [0.5, 0.6) is 0 Å². The number of benzene rings is 1. The molecule has 1 rings (SSSR count). The van der Waals surface area contributed by atoms with Crippen molar-refractivity contribution in [1.29, 1.82) is 0 Å². The second-order valence-electron chi connectivity index (χ2n) is 2.66. The summed E-state index contributed by atoms with van der Waals surface area (Å²) >= 11 is 0. The molecule has 11 heavy (non-hydrogen) atoms. The van der Waals surface area contributed by atoms with Crippen molar-refractivity contribution in [2.75, 3.05) is 0 Å². The molecule has 0 radical (unpaired) electrons. The van der Waals surface area contributed by atoms with Gasteiger partial charge in [-0.3, -0.25) is 0 Å². The number of halogens is 1. The van der Waals surface area contributed by atoms with Gasteiger partial charge in [-0.05, 0) is 37.1 Å². The van der Waals surface area contributed by atoms with Crippen LogP contribution < -0.4 is 0 Å². The van der Waals surface area contributed by atoms with Gasteiger partial charge in [-0.25, -0.2) is 4.39 Å². The van der Waals surface area contributed by atoms with E-state index in [2.05, 4.69) is 6.58 Å². The molecule has 0 nitrogen and oxygen atoms in total. The SMILES string of the molecule is C=Cc1cc(C)c(C)cc1F. The smallest absolute Gasteiger partial charge is 0.130 e. The van der Waals surface area contributed by atoms with Gasteiger partial charge in [-0.1, -0.05) is 12.7 Å². The first-order valence-corrected chi connectivity index (χ1v) is 3.54. The molecule has 0 aliphatic heterocycles. The Bertz CT molecular complexity index is 287. The lowest BCUT2D eigenvalue weighted by Crippen LogP contribution is -1.87. The Morgan fingerprint density at radius 1 is 1.27 bits per heavy atom. The van der Waals surface area contributed by atoms with Gasteiger partial charge in [-0.2, -0.15) is 0 Å². The number of rotatable bonds is 1. The largest absolute Gasteiger partial charge is 0.206 e. The van der Waals surface area contributed by atoms with Gasteiger partial charge in [0.2, 0.25) is 0 Å². The number of hydrogen-bond donors (Lipinski definition) is 0. The Labute approximate surface area is 66.4 Å². The lowest BCUT2D eigenvalue weighted by molar-refractivity contribution is 0.623. The minimum Gasteiger partial charge on any atom is -0.206 e. The fourth-order valence-corrected chi connectivity index (χ4v) is 0.960. The molecule has 0 heterocycles. The second kappa shape index (κ2) is 2.87. The van der Waals surface area contributed by atoms with E-state index in [1.54, 1.807) is 6.07 Å². The molecule has 0 aliphatic carbocycles. The van der Waals surface area contributed by atoms with Gasteiger partial charge in [-0.15, -0.1) is 0 Å². The van der Waals surface area contributed by atoms with Gasteiger partial charge in [0, 0.05) is 5.56 Å². The van der Waals surface area contributed by atoms with Crippen LogP contribution in [-0.2, 0) is 0 Å². The first-order chi connectivity index (χ1) is 5.15. The zero-order valence-corrected chi connectivity index (χ0v) is 6.82. The third kappa shape index (κ3) is 1.48. The number of aryl methyl sites for hydroxylation is 2. The lowest BCUT2D eigenvalue weighted by atomic mass is 10.1. The van der Waals surface area contributed by atoms with Crippen molar-refractivity contribution in [3.05, 3.63) is 41.2 Å². The molecule has 0 fully saturated rings. The van der Waals surface area contributed by atoms with E-state index < -0.39 is 0 Å². The molecule has 0 N–H and O–H groups in total. The van der Waals surface area contributed by atoms with Crippen molar-refractivity contribution in [2.45, 2.75) is 13.8 Å². The summed E-state index contributed by atoms with van der Waals surface area (Å²) in [5.74, 6) is -0.192. The Hall–Kier alpha value is -1.11. The maximum Gasteiger partial charge on any atom is 0.130 e. The van der Waals surface area contributed by atoms with E-state index in [0.29, 0.717) is 5.56 Å². The maximum absolute atomic E-state index is 13.0. The highest BCUT2D eigenvalue weighted by atomic mass is 19.1. The zero-order chi connectivity index (χ0) is 8.43. The topological polar surface area (TPSA) is 0 Å². The molecule has 1 heteroatoms. The summed E-state index contributed by atoms with van der Waals surface area (Å²) in [6.45, 7) is 7.38. The standard InChI is InChI=1S/C10H11F/c1-4-9-5-7(2)8(3)6-10(9)11/h4-6H,1H2,2-3H3. The van der Waals surface area contributed by atoms with Crippen LogP contribution in [0.25, 0.3) is 6.08 Å². The Morgan fingerprint density at radius 2 is 1.82 bits per heavy atom. The molecule has 0 aromatic heterocycles. The van der Waals surface area contributed by atoms with E-state index in [0.717, 1.165) is 11.1 Å². The fraction of sp³-hybridized carbons (Fsp3) is 0.200.